The van der Waals surface area contributed by atoms with Crippen LogP contribution in [0.25, 0.3) is 0 Å². The minimum atomic E-state index is 0.00457. The Morgan fingerprint density at radius 1 is 1.19 bits per heavy atom. The molecule has 0 radical (unpaired) electrons. The summed E-state index contributed by atoms with van der Waals surface area (Å²) in [6.45, 7) is 3.05. The quantitative estimate of drug-likeness (QED) is 0.586. The number of nitrogens with zero attached hydrogens (tertiary/aromatic N) is 3. The molecule has 2 heterocycles. The molecule has 6 nitrogen and oxygen atoms in total. The average molecular weight is 289 g/mol. The lowest BCUT2D eigenvalue weighted by Crippen LogP contribution is -2.48. The highest BCUT2D eigenvalue weighted by Gasteiger charge is 2.28. The second-order valence-corrected chi connectivity index (χ2v) is 5.20. The number of ether oxygens (including phenoxy) is 1. The number of oxime groups is 1. The van der Waals surface area contributed by atoms with Crippen molar-refractivity contribution >= 4 is 17.4 Å². The zero-order valence-electron chi connectivity index (χ0n) is 11.9. The van der Waals surface area contributed by atoms with E-state index < -0.39 is 0 Å². The highest BCUT2D eigenvalue weighted by atomic mass is 16.5. The molecule has 112 valence electrons. The first-order valence-corrected chi connectivity index (χ1v) is 7.26. The minimum Gasteiger partial charge on any atom is -0.411 e. The first kappa shape index (κ1) is 13.9. The Morgan fingerprint density at radius 3 is 2.71 bits per heavy atom. The molecule has 3 rings (SSSR count). The topological polar surface area (TPSA) is 65.4 Å². The van der Waals surface area contributed by atoms with E-state index in [0.29, 0.717) is 45.0 Å². The van der Waals surface area contributed by atoms with E-state index in [1.807, 2.05) is 29.2 Å². The van der Waals surface area contributed by atoms with Crippen LogP contribution >= 0.6 is 0 Å². The molecule has 21 heavy (non-hydrogen) atoms. The molecule has 2 aliphatic rings. The van der Waals surface area contributed by atoms with Crippen LogP contribution in [0.15, 0.2) is 29.4 Å². The van der Waals surface area contributed by atoms with Gasteiger partial charge in [-0.2, -0.15) is 0 Å². The van der Waals surface area contributed by atoms with Crippen molar-refractivity contribution in [1.29, 1.82) is 0 Å². The number of hydrogen-bond donors (Lipinski definition) is 1. The molecule has 0 unspecified atom stereocenters. The molecule has 2 amide bonds. The summed E-state index contributed by atoms with van der Waals surface area (Å²) in [7, 11) is 0. The van der Waals surface area contributed by atoms with Crippen LogP contribution < -0.4 is 4.90 Å². The predicted molar refractivity (Wildman–Crippen MR) is 79.1 cm³/mol. The molecule has 0 aliphatic carbocycles. The number of anilines is 1. The third kappa shape index (κ3) is 2.71. The average Bonchev–Trinajstić information content (AvgIpc) is 2.74. The largest absolute Gasteiger partial charge is 0.411 e. The summed E-state index contributed by atoms with van der Waals surface area (Å²) < 4.78 is 5.30. The Kier molecular flexibility index (Phi) is 4.06. The molecule has 0 bridgehead atoms. The van der Waals surface area contributed by atoms with Crippen molar-refractivity contribution < 1.29 is 14.7 Å². The van der Waals surface area contributed by atoms with Crippen LogP contribution in [0.5, 0.6) is 0 Å². The lowest BCUT2D eigenvalue weighted by atomic mass is 10.1. The summed E-state index contributed by atoms with van der Waals surface area (Å²) in [5.41, 5.74) is 2.29. The van der Waals surface area contributed by atoms with Gasteiger partial charge in [0, 0.05) is 25.2 Å². The van der Waals surface area contributed by atoms with E-state index in [4.69, 9.17) is 4.74 Å². The maximum absolute atomic E-state index is 12.8. The van der Waals surface area contributed by atoms with Crippen molar-refractivity contribution in [2.24, 2.45) is 5.16 Å². The van der Waals surface area contributed by atoms with Gasteiger partial charge in [-0.15, -0.1) is 0 Å². The number of hydrogen-bond acceptors (Lipinski definition) is 4. The monoisotopic (exact) mass is 289 g/mol. The standard InChI is InChI=1S/C15H19N3O3/c19-15(17-8-10-21-11-9-17)18-7-3-5-13(16-20)12-4-1-2-6-14(12)18/h1-2,4,6,20H,3,5,7-11H2/b16-13-. The summed E-state index contributed by atoms with van der Waals surface area (Å²) in [5.74, 6) is 0. The highest BCUT2D eigenvalue weighted by molar-refractivity contribution is 6.08. The second kappa shape index (κ2) is 6.13. The van der Waals surface area contributed by atoms with Crippen LogP contribution in [0.3, 0.4) is 0 Å². The van der Waals surface area contributed by atoms with Gasteiger partial charge in [0.1, 0.15) is 0 Å². The Morgan fingerprint density at radius 2 is 1.95 bits per heavy atom. The van der Waals surface area contributed by atoms with Gasteiger partial charge in [-0.25, -0.2) is 4.79 Å². The van der Waals surface area contributed by atoms with Gasteiger partial charge in [0.05, 0.1) is 24.6 Å². The zero-order valence-corrected chi connectivity index (χ0v) is 11.9. The van der Waals surface area contributed by atoms with Crippen molar-refractivity contribution in [1.82, 2.24) is 4.90 Å². The molecule has 6 heteroatoms. The van der Waals surface area contributed by atoms with Crippen LogP contribution in [-0.4, -0.2) is 54.7 Å². The lowest BCUT2D eigenvalue weighted by molar-refractivity contribution is 0.0549. The van der Waals surface area contributed by atoms with Gasteiger partial charge < -0.3 is 14.8 Å². The van der Waals surface area contributed by atoms with Crippen LogP contribution in [0, 0.1) is 0 Å². The van der Waals surface area contributed by atoms with Gasteiger partial charge in [0.2, 0.25) is 0 Å². The number of fused-ring (bicyclic) bond motifs is 1. The normalized spacial score (nSPS) is 21.0. The molecular weight excluding hydrogens is 270 g/mol. The lowest BCUT2D eigenvalue weighted by Gasteiger charge is -2.33. The van der Waals surface area contributed by atoms with E-state index in [2.05, 4.69) is 5.16 Å². The molecule has 0 saturated carbocycles. The maximum Gasteiger partial charge on any atom is 0.324 e. The minimum absolute atomic E-state index is 0.00457. The van der Waals surface area contributed by atoms with Gasteiger partial charge in [-0.3, -0.25) is 4.90 Å². The number of para-hydroxylation sites is 1. The smallest absolute Gasteiger partial charge is 0.324 e. The number of carbonyl (C=O) groups is 1. The fourth-order valence-electron chi connectivity index (χ4n) is 2.84. The van der Waals surface area contributed by atoms with Crippen molar-refractivity contribution in [3.8, 4) is 0 Å². The predicted octanol–water partition coefficient (Wildman–Crippen LogP) is 1.92. The van der Waals surface area contributed by atoms with Crippen molar-refractivity contribution in [2.45, 2.75) is 12.8 Å². The summed E-state index contributed by atoms with van der Waals surface area (Å²) >= 11 is 0. The Bertz CT molecular complexity index is 553. The fraction of sp³-hybridized carbons (Fsp3) is 0.467. The third-order valence-corrected chi connectivity index (χ3v) is 3.93. The second-order valence-electron chi connectivity index (χ2n) is 5.20. The van der Waals surface area contributed by atoms with E-state index in [-0.39, 0.29) is 6.03 Å². The molecule has 1 aromatic rings. The number of rotatable bonds is 0. The van der Waals surface area contributed by atoms with Crippen LogP contribution in [0.1, 0.15) is 18.4 Å². The van der Waals surface area contributed by atoms with E-state index in [0.717, 1.165) is 17.7 Å². The zero-order chi connectivity index (χ0) is 14.7. The fourth-order valence-corrected chi connectivity index (χ4v) is 2.84. The number of urea groups is 1. The van der Waals surface area contributed by atoms with Crippen molar-refractivity contribution in [2.75, 3.05) is 37.7 Å². The summed E-state index contributed by atoms with van der Waals surface area (Å²) in [5, 5.41) is 12.6. The van der Waals surface area contributed by atoms with E-state index in [1.165, 1.54) is 0 Å². The SMILES string of the molecule is O=C(N1CCOCC1)N1CCC/C(=N/O)c2ccccc21. The van der Waals surface area contributed by atoms with Crippen molar-refractivity contribution in [3.05, 3.63) is 29.8 Å². The number of amides is 2. The van der Waals surface area contributed by atoms with E-state index in [9.17, 15) is 10.0 Å². The molecule has 1 saturated heterocycles. The van der Waals surface area contributed by atoms with Crippen LogP contribution in [-0.2, 0) is 4.74 Å². The Hall–Kier alpha value is -2.08. The molecule has 0 spiro atoms. The van der Waals surface area contributed by atoms with Gasteiger partial charge in [0.15, 0.2) is 0 Å². The molecule has 1 fully saturated rings. The van der Waals surface area contributed by atoms with Crippen molar-refractivity contribution in [3.63, 3.8) is 0 Å². The van der Waals surface area contributed by atoms with E-state index >= 15 is 0 Å². The summed E-state index contributed by atoms with van der Waals surface area (Å²) in [6.07, 6.45) is 1.45. The molecular formula is C15H19N3O3. The number of benzene rings is 1. The first-order chi connectivity index (χ1) is 10.3. The molecule has 0 aromatic heterocycles. The molecule has 1 N–H and O–H groups in total. The van der Waals surface area contributed by atoms with Gasteiger partial charge in [-0.1, -0.05) is 23.4 Å². The van der Waals surface area contributed by atoms with Gasteiger partial charge >= 0.3 is 6.03 Å². The molecule has 1 aromatic carbocycles. The highest BCUT2D eigenvalue weighted by Crippen LogP contribution is 2.27. The first-order valence-electron chi connectivity index (χ1n) is 7.26. The number of morpholine rings is 1. The Labute approximate surface area is 123 Å². The van der Waals surface area contributed by atoms with E-state index in [1.54, 1.807) is 4.90 Å². The van der Waals surface area contributed by atoms with Crippen LogP contribution in [0.2, 0.25) is 0 Å². The van der Waals surface area contributed by atoms with Crippen LogP contribution in [0.4, 0.5) is 10.5 Å². The maximum atomic E-state index is 12.8. The Balaban J connectivity index is 1.92. The van der Waals surface area contributed by atoms with Gasteiger partial charge in [-0.05, 0) is 18.9 Å². The summed E-state index contributed by atoms with van der Waals surface area (Å²) in [4.78, 5) is 16.4. The van der Waals surface area contributed by atoms with Gasteiger partial charge in [0.25, 0.3) is 0 Å². The molecule has 2 aliphatic heterocycles. The third-order valence-electron chi connectivity index (χ3n) is 3.93. The summed E-state index contributed by atoms with van der Waals surface area (Å²) in [6, 6.07) is 7.61. The number of carbonyl (C=O) groups excluding carboxylic acids is 1. The molecule has 0 atom stereocenters.